The van der Waals surface area contributed by atoms with Gasteiger partial charge in [-0.2, -0.15) is 0 Å². The van der Waals surface area contributed by atoms with Crippen molar-refractivity contribution in [1.29, 1.82) is 0 Å². The van der Waals surface area contributed by atoms with Crippen molar-refractivity contribution in [3.63, 3.8) is 0 Å². The van der Waals surface area contributed by atoms with Gasteiger partial charge in [-0.15, -0.1) is 0 Å². The fourth-order valence-electron chi connectivity index (χ4n) is 5.17. The standard InChI is InChI=1S/C27H32N2O5/c1-17(25(30)29-14-12-19(26(31)32)15-18(29)2)11-13-28-27(33)34-16-24-22-9-5-3-7-20(22)21-8-4-6-10-23(21)24/h3-10,17-19,24H,11-16H2,1-2H3,(H,28,33)(H,31,32)/t17?,18-,19-/m0/s1. The zero-order chi connectivity index (χ0) is 24.2. The third kappa shape index (κ3) is 4.93. The smallest absolute Gasteiger partial charge is 0.407 e. The first-order valence-electron chi connectivity index (χ1n) is 12.0. The SMILES string of the molecule is CC(CCNC(=O)OCC1c2ccccc2-c2ccccc21)C(=O)N1CC[C@H](C(=O)O)C[C@@H]1C. The number of piperidine rings is 1. The summed E-state index contributed by atoms with van der Waals surface area (Å²) in [6.07, 6.45) is 0.966. The Balaban J connectivity index is 1.24. The minimum absolute atomic E-state index is 0.00526. The molecule has 2 N–H and O–H groups in total. The van der Waals surface area contributed by atoms with E-state index in [9.17, 15) is 19.5 Å². The fraction of sp³-hybridized carbons (Fsp3) is 0.444. The first-order chi connectivity index (χ1) is 16.4. The first kappa shape index (κ1) is 23.8. The molecule has 2 amide bonds. The molecule has 2 aliphatic rings. The highest BCUT2D eigenvalue weighted by Gasteiger charge is 2.34. The van der Waals surface area contributed by atoms with Gasteiger partial charge >= 0.3 is 12.1 Å². The number of hydrogen-bond acceptors (Lipinski definition) is 4. The second-order valence-corrected chi connectivity index (χ2v) is 9.38. The number of carboxylic acid groups (broad SMARTS) is 1. The van der Waals surface area contributed by atoms with E-state index in [1.54, 1.807) is 4.90 Å². The van der Waals surface area contributed by atoms with Crippen LogP contribution < -0.4 is 5.32 Å². The maximum Gasteiger partial charge on any atom is 0.407 e. The molecule has 0 bridgehead atoms. The van der Waals surface area contributed by atoms with Crippen LogP contribution in [0.3, 0.4) is 0 Å². The molecule has 4 rings (SSSR count). The van der Waals surface area contributed by atoms with Crippen LogP contribution in [0.5, 0.6) is 0 Å². The van der Waals surface area contributed by atoms with Crippen LogP contribution in [0.2, 0.25) is 0 Å². The number of ether oxygens (including phenoxy) is 1. The van der Waals surface area contributed by atoms with E-state index < -0.39 is 12.1 Å². The number of benzene rings is 2. The molecule has 0 spiro atoms. The molecule has 1 aliphatic carbocycles. The number of rotatable bonds is 7. The number of carboxylic acids is 1. The van der Waals surface area contributed by atoms with Crippen LogP contribution >= 0.6 is 0 Å². The van der Waals surface area contributed by atoms with Gasteiger partial charge < -0.3 is 20.1 Å². The average molecular weight is 465 g/mol. The molecular formula is C27H32N2O5. The van der Waals surface area contributed by atoms with Crippen molar-refractivity contribution in [2.75, 3.05) is 19.7 Å². The molecule has 3 atom stereocenters. The maximum absolute atomic E-state index is 12.8. The van der Waals surface area contributed by atoms with Crippen LogP contribution in [0.25, 0.3) is 11.1 Å². The molecule has 0 radical (unpaired) electrons. The molecule has 1 fully saturated rings. The monoisotopic (exact) mass is 464 g/mol. The van der Waals surface area contributed by atoms with Gasteiger partial charge in [-0.25, -0.2) is 4.79 Å². The summed E-state index contributed by atoms with van der Waals surface area (Å²) >= 11 is 0. The summed E-state index contributed by atoms with van der Waals surface area (Å²) in [4.78, 5) is 38.2. The molecule has 7 heteroatoms. The molecule has 2 aromatic rings. The molecule has 180 valence electrons. The Kier molecular flexibility index (Phi) is 7.20. The van der Waals surface area contributed by atoms with Crippen molar-refractivity contribution < 1.29 is 24.2 Å². The Morgan fingerprint density at radius 3 is 2.29 bits per heavy atom. The third-order valence-electron chi connectivity index (χ3n) is 7.12. The number of carbonyl (C=O) groups excluding carboxylic acids is 2. The van der Waals surface area contributed by atoms with E-state index >= 15 is 0 Å². The van der Waals surface area contributed by atoms with E-state index in [2.05, 4.69) is 29.6 Å². The maximum atomic E-state index is 12.8. The van der Waals surface area contributed by atoms with Crippen molar-refractivity contribution in [1.82, 2.24) is 10.2 Å². The highest BCUT2D eigenvalue weighted by molar-refractivity contribution is 5.80. The molecular weight excluding hydrogens is 432 g/mol. The second kappa shape index (κ2) is 10.3. The molecule has 34 heavy (non-hydrogen) atoms. The zero-order valence-corrected chi connectivity index (χ0v) is 19.7. The van der Waals surface area contributed by atoms with Gasteiger partial charge in [-0.1, -0.05) is 55.5 Å². The predicted molar refractivity (Wildman–Crippen MR) is 128 cm³/mol. The highest BCUT2D eigenvalue weighted by atomic mass is 16.5. The summed E-state index contributed by atoms with van der Waals surface area (Å²) in [5.41, 5.74) is 4.69. The zero-order valence-electron chi connectivity index (χ0n) is 19.7. The number of nitrogens with zero attached hydrogens (tertiary/aromatic N) is 1. The molecule has 1 saturated heterocycles. The van der Waals surface area contributed by atoms with Crippen molar-refractivity contribution in [2.45, 2.75) is 45.1 Å². The quantitative estimate of drug-likeness (QED) is 0.638. The van der Waals surface area contributed by atoms with Gasteiger partial charge in [0.2, 0.25) is 5.91 Å². The van der Waals surface area contributed by atoms with Gasteiger partial charge in [0.05, 0.1) is 5.92 Å². The van der Waals surface area contributed by atoms with Crippen LogP contribution in [0, 0.1) is 11.8 Å². The first-order valence-corrected chi connectivity index (χ1v) is 12.0. The molecule has 0 aromatic heterocycles. The number of nitrogens with one attached hydrogen (secondary N) is 1. The lowest BCUT2D eigenvalue weighted by Gasteiger charge is -2.37. The second-order valence-electron chi connectivity index (χ2n) is 9.38. The van der Waals surface area contributed by atoms with Gasteiger partial charge in [0.15, 0.2) is 0 Å². The van der Waals surface area contributed by atoms with Crippen LogP contribution in [-0.2, 0) is 14.3 Å². The van der Waals surface area contributed by atoms with Gasteiger partial charge in [-0.05, 0) is 48.4 Å². The minimum atomic E-state index is -0.792. The van der Waals surface area contributed by atoms with Crippen molar-refractivity contribution in [2.24, 2.45) is 11.8 Å². The number of alkyl carbamates (subject to hydrolysis) is 1. The number of aliphatic carboxylic acids is 1. The summed E-state index contributed by atoms with van der Waals surface area (Å²) < 4.78 is 5.55. The molecule has 7 nitrogen and oxygen atoms in total. The normalized spacial score (nSPS) is 20.2. The van der Waals surface area contributed by atoms with E-state index in [0.717, 1.165) is 11.1 Å². The van der Waals surface area contributed by atoms with Crippen LogP contribution in [-0.4, -0.2) is 53.7 Å². The Labute approximate surface area is 200 Å². The molecule has 0 saturated carbocycles. The summed E-state index contributed by atoms with van der Waals surface area (Å²) in [5.74, 6) is -1.43. The summed E-state index contributed by atoms with van der Waals surface area (Å²) in [6, 6.07) is 16.3. The van der Waals surface area contributed by atoms with Gasteiger partial charge in [-0.3, -0.25) is 9.59 Å². The van der Waals surface area contributed by atoms with E-state index in [1.165, 1.54) is 11.1 Å². The van der Waals surface area contributed by atoms with Crippen LogP contribution in [0.1, 0.15) is 50.2 Å². The van der Waals surface area contributed by atoms with E-state index in [4.69, 9.17) is 4.74 Å². The van der Waals surface area contributed by atoms with Crippen molar-refractivity contribution >= 4 is 18.0 Å². The molecule has 1 aliphatic heterocycles. The van der Waals surface area contributed by atoms with E-state index in [0.29, 0.717) is 32.4 Å². The lowest BCUT2D eigenvalue weighted by molar-refractivity contribution is -0.148. The van der Waals surface area contributed by atoms with Crippen molar-refractivity contribution in [3.05, 3.63) is 59.7 Å². The van der Waals surface area contributed by atoms with E-state index in [1.807, 2.05) is 38.1 Å². The van der Waals surface area contributed by atoms with Crippen LogP contribution in [0.4, 0.5) is 4.79 Å². The Bertz CT molecular complexity index is 1020. The molecule has 2 aromatic carbocycles. The number of likely N-dealkylation sites (tertiary alicyclic amines) is 1. The summed E-state index contributed by atoms with van der Waals surface area (Å²) in [6.45, 7) is 4.79. The number of hydrogen-bond donors (Lipinski definition) is 2. The largest absolute Gasteiger partial charge is 0.481 e. The third-order valence-corrected chi connectivity index (χ3v) is 7.12. The summed E-state index contributed by atoms with van der Waals surface area (Å²) in [5, 5.41) is 12.0. The topological polar surface area (TPSA) is 95.9 Å². The molecule has 1 heterocycles. The summed E-state index contributed by atoms with van der Waals surface area (Å²) in [7, 11) is 0. The van der Waals surface area contributed by atoms with Gasteiger partial charge in [0.25, 0.3) is 0 Å². The molecule has 1 unspecified atom stereocenters. The van der Waals surface area contributed by atoms with Gasteiger partial charge in [0, 0.05) is 31.0 Å². The number of carbonyl (C=O) groups is 3. The highest BCUT2D eigenvalue weighted by Crippen LogP contribution is 2.44. The number of amides is 2. The lowest BCUT2D eigenvalue weighted by Crippen LogP contribution is -2.48. The average Bonchev–Trinajstić information content (AvgIpc) is 3.16. The lowest BCUT2D eigenvalue weighted by atomic mass is 9.90. The Hall–Kier alpha value is -3.35. The van der Waals surface area contributed by atoms with Gasteiger partial charge in [0.1, 0.15) is 6.61 Å². The Morgan fingerprint density at radius 2 is 1.71 bits per heavy atom. The fourth-order valence-corrected chi connectivity index (χ4v) is 5.17. The minimum Gasteiger partial charge on any atom is -0.481 e. The van der Waals surface area contributed by atoms with Crippen molar-refractivity contribution in [3.8, 4) is 11.1 Å². The van der Waals surface area contributed by atoms with E-state index in [-0.39, 0.29) is 36.3 Å². The predicted octanol–water partition coefficient (Wildman–Crippen LogP) is 4.26. The van der Waals surface area contributed by atoms with Crippen LogP contribution in [0.15, 0.2) is 48.5 Å². The Morgan fingerprint density at radius 1 is 1.09 bits per heavy atom. The number of fused-ring (bicyclic) bond motifs is 3.